The topological polar surface area (TPSA) is 237 Å². The number of aliphatic hydroxyl groups is 1. The Morgan fingerprint density at radius 3 is 0.764 bits per heavy atom. The van der Waals surface area contributed by atoms with Crippen LogP contribution in [0.1, 0.15) is 362 Å². The Morgan fingerprint density at radius 1 is 0.303 bits per heavy atom. The molecule has 0 amide bonds. The zero-order chi connectivity index (χ0) is 65.6. The van der Waals surface area contributed by atoms with Crippen LogP contribution in [0.2, 0.25) is 0 Å². The number of carbonyl (C=O) groups is 4. The van der Waals surface area contributed by atoms with Crippen molar-refractivity contribution in [3.63, 3.8) is 0 Å². The normalized spacial score (nSPS) is 14.1. The molecule has 0 bridgehead atoms. The Balaban J connectivity index is 5.16. The van der Waals surface area contributed by atoms with Crippen LogP contribution in [0.25, 0.3) is 0 Å². The van der Waals surface area contributed by atoms with Gasteiger partial charge in [-0.25, -0.2) is 9.13 Å². The first-order valence-corrected chi connectivity index (χ1v) is 39.6. The van der Waals surface area contributed by atoms with Gasteiger partial charge in [-0.05, 0) is 31.6 Å². The van der Waals surface area contributed by atoms with E-state index in [1.165, 1.54) is 173 Å². The zero-order valence-corrected chi connectivity index (χ0v) is 59.4. The van der Waals surface area contributed by atoms with Gasteiger partial charge in [-0.1, -0.05) is 311 Å². The molecule has 17 nitrogen and oxygen atoms in total. The van der Waals surface area contributed by atoms with Gasteiger partial charge in [0.15, 0.2) is 12.2 Å². The predicted molar refractivity (Wildman–Crippen MR) is 358 cm³/mol. The van der Waals surface area contributed by atoms with Gasteiger partial charge in [0.05, 0.1) is 26.4 Å². The highest BCUT2D eigenvalue weighted by molar-refractivity contribution is 7.47. The van der Waals surface area contributed by atoms with Crippen LogP contribution in [0.15, 0.2) is 0 Å². The van der Waals surface area contributed by atoms with E-state index in [1.54, 1.807) is 0 Å². The second kappa shape index (κ2) is 63.5. The van der Waals surface area contributed by atoms with Crippen LogP contribution < -0.4 is 0 Å². The summed E-state index contributed by atoms with van der Waals surface area (Å²) in [6.07, 6.45) is 50.2. The summed E-state index contributed by atoms with van der Waals surface area (Å²) < 4.78 is 68.1. The molecular formula is C70H136O17P2. The first-order valence-electron chi connectivity index (χ1n) is 36.6. The summed E-state index contributed by atoms with van der Waals surface area (Å²) >= 11 is 0. The van der Waals surface area contributed by atoms with Crippen LogP contribution >= 0.6 is 15.6 Å². The minimum absolute atomic E-state index is 0.106. The number of phosphoric ester groups is 2. The fraction of sp³-hybridized carbons (Fsp3) is 0.943. The molecule has 89 heavy (non-hydrogen) atoms. The number of ether oxygens (including phenoxy) is 4. The summed E-state index contributed by atoms with van der Waals surface area (Å²) in [7, 11) is -9.89. The number of hydrogen-bond acceptors (Lipinski definition) is 15. The minimum atomic E-state index is -4.95. The molecule has 0 radical (unpaired) electrons. The number of unbranched alkanes of at least 4 members (excludes halogenated alkanes) is 42. The van der Waals surface area contributed by atoms with Gasteiger partial charge >= 0.3 is 39.5 Å². The van der Waals surface area contributed by atoms with E-state index in [0.717, 1.165) is 109 Å². The van der Waals surface area contributed by atoms with Gasteiger partial charge in [0.25, 0.3) is 0 Å². The van der Waals surface area contributed by atoms with E-state index in [9.17, 15) is 43.2 Å². The van der Waals surface area contributed by atoms with Crippen LogP contribution in [-0.4, -0.2) is 96.7 Å². The number of esters is 4. The maximum absolute atomic E-state index is 13.0. The number of aliphatic hydroxyl groups excluding tert-OH is 1. The van der Waals surface area contributed by atoms with Gasteiger partial charge in [0.1, 0.15) is 19.3 Å². The first-order chi connectivity index (χ1) is 43.0. The van der Waals surface area contributed by atoms with E-state index >= 15 is 0 Å². The second-order valence-electron chi connectivity index (χ2n) is 25.7. The van der Waals surface area contributed by atoms with Crippen molar-refractivity contribution in [1.82, 2.24) is 0 Å². The van der Waals surface area contributed by atoms with Crippen molar-refractivity contribution in [2.24, 2.45) is 5.92 Å². The van der Waals surface area contributed by atoms with E-state index in [1.807, 2.05) is 0 Å². The van der Waals surface area contributed by atoms with E-state index in [4.69, 9.17) is 37.0 Å². The lowest BCUT2D eigenvalue weighted by atomic mass is 10.0. The Labute approximate surface area is 543 Å². The molecule has 0 saturated heterocycles. The highest BCUT2D eigenvalue weighted by Crippen LogP contribution is 2.45. The van der Waals surface area contributed by atoms with Gasteiger partial charge in [0.2, 0.25) is 0 Å². The molecule has 0 aromatic carbocycles. The summed E-state index contributed by atoms with van der Waals surface area (Å²) in [4.78, 5) is 72.3. The highest BCUT2D eigenvalue weighted by Gasteiger charge is 2.30. The number of phosphoric acid groups is 2. The molecule has 0 fully saturated rings. The van der Waals surface area contributed by atoms with Gasteiger partial charge in [0, 0.05) is 25.7 Å². The summed E-state index contributed by atoms with van der Waals surface area (Å²) in [5, 5.41) is 10.6. The fourth-order valence-corrected chi connectivity index (χ4v) is 12.2. The van der Waals surface area contributed by atoms with Crippen molar-refractivity contribution in [2.75, 3.05) is 39.6 Å². The third-order valence-corrected chi connectivity index (χ3v) is 18.2. The van der Waals surface area contributed by atoms with Crippen molar-refractivity contribution in [1.29, 1.82) is 0 Å². The monoisotopic (exact) mass is 1310 g/mol. The lowest BCUT2D eigenvalue weighted by molar-refractivity contribution is -0.161. The first kappa shape index (κ1) is 87.1. The van der Waals surface area contributed by atoms with Crippen LogP contribution in [0, 0.1) is 5.92 Å². The summed E-state index contributed by atoms with van der Waals surface area (Å²) in [6, 6.07) is 0. The standard InChI is InChI=1S/C70H136O17P2/c1-6-9-12-15-18-20-21-22-23-24-25-26-27-28-31-36-41-46-51-56-70(75)87-66(60-81-68(73)54-49-44-39-35-32-29-30-34-38-42-47-52-63(4)5)62-85-89(78,79)83-58-64(71)57-82-88(76,77)84-61-65(59-80-67(72)53-48-43-37-17-14-11-8-3)86-69(74)55-50-45-40-33-19-16-13-10-7-2/h63-66,71H,6-62H2,1-5H3,(H,76,77)(H,78,79)/t64-,65+,66+/m0/s1. The molecule has 5 atom stereocenters. The maximum Gasteiger partial charge on any atom is 0.472 e. The largest absolute Gasteiger partial charge is 0.472 e. The minimum Gasteiger partial charge on any atom is -0.462 e. The molecule has 0 spiro atoms. The lowest BCUT2D eigenvalue weighted by Gasteiger charge is -2.21. The lowest BCUT2D eigenvalue weighted by Crippen LogP contribution is -2.30. The molecular weight excluding hydrogens is 1170 g/mol. The van der Waals surface area contributed by atoms with Gasteiger partial charge in [-0.2, -0.15) is 0 Å². The Bertz CT molecular complexity index is 1720. The fourth-order valence-electron chi connectivity index (χ4n) is 10.6. The van der Waals surface area contributed by atoms with Crippen LogP contribution in [0.4, 0.5) is 0 Å². The predicted octanol–water partition coefficient (Wildman–Crippen LogP) is 20.1. The third-order valence-electron chi connectivity index (χ3n) is 16.3. The van der Waals surface area contributed by atoms with Crippen molar-refractivity contribution in [3.8, 4) is 0 Å². The molecule has 19 heteroatoms. The Morgan fingerprint density at radius 2 is 0.517 bits per heavy atom. The summed E-state index contributed by atoms with van der Waals surface area (Å²) in [5.41, 5.74) is 0. The second-order valence-corrected chi connectivity index (χ2v) is 28.7. The van der Waals surface area contributed by atoms with Gasteiger partial charge in [-0.15, -0.1) is 0 Å². The highest BCUT2D eigenvalue weighted by atomic mass is 31.2. The smallest absolute Gasteiger partial charge is 0.462 e. The van der Waals surface area contributed by atoms with Crippen molar-refractivity contribution >= 4 is 39.5 Å². The SMILES string of the molecule is CCCCCCCCCCCCCCCCCCCCCC(=O)O[C@H](COC(=O)CCCCCCCCCCCCCC(C)C)COP(=O)(O)OC[C@@H](O)COP(=O)(O)OC[C@@H](COC(=O)CCCCCCCCC)OC(=O)CCCCCCCCCCC. The maximum atomic E-state index is 13.0. The Hall–Kier alpha value is -1.94. The molecule has 3 N–H and O–H groups in total. The quantitative estimate of drug-likeness (QED) is 0.0222. The van der Waals surface area contributed by atoms with E-state index in [-0.39, 0.29) is 25.7 Å². The molecule has 0 aromatic heterocycles. The van der Waals surface area contributed by atoms with Crippen LogP contribution in [0.3, 0.4) is 0 Å². The Kier molecular flexibility index (Phi) is 62.1. The third kappa shape index (κ3) is 64.6. The number of hydrogen-bond donors (Lipinski definition) is 3. The zero-order valence-electron chi connectivity index (χ0n) is 57.6. The van der Waals surface area contributed by atoms with Gasteiger partial charge < -0.3 is 33.8 Å². The molecule has 0 aromatic rings. The van der Waals surface area contributed by atoms with Crippen LogP contribution in [-0.2, 0) is 65.4 Å². The average molecular weight is 1310 g/mol. The van der Waals surface area contributed by atoms with Crippen LogP contribution in [0.5, 0.6) is 0 Å². The van der Waals surface area contributed by atoms with E-state index in [0.29, 0.717) is 25.7 Å². The number of carbonyl (C=O) groups excluding carboxylic acids is 4. The number of rotatable bonds is 70. The molecule has 0 saturated carbocycles. The van der Waals surface area contributed by atoms with E-state index < -0.39 is 97.5 Å². The molecule has 0 aliphatic carbocycles. The molecule has 2 unspecified atom stereocenters. The molecule has 0 heterocycles. The van der Waals surface area contributed by atoms with Crippen molar-refractivity contribution < 1.29 is 80.2 Å². The molecule has 528 valence electrons. The van der Waals surface area contributed by atoms with Crippen molar-refractivity contribution in [3.05, 3.63) is 0 Å². The molecule has 0 aliphatic rings. The molecule has 0 aliphatic heterocycles. The summed E-state index contributed by atoms with van der Waals surface area (Å²) in [6.45, 7) is 7.19. The van der Waals surface area contributed by atoms with Gasteiger partial charge in [-0.3, -0.25) is 37.3 Å². The van der Waals surface area contributed by atoms with E-state index in [2.05, 4.69) is 34.6 Å². The molecule has 0 rings (SSSR count). The summed E-state index contributed by atoms with van der Waals surface area (Å²) in [5.74, 6) is -1.36. The average Bonchev–Trinajstić information content (AvgIpc) is 3.70. The van der Waals surface area contributed by atoms with Crippen molar-refractivity contribution in [2.45, 2.75) is 380 Å².